The van der Waals surface area contributed by atoms with Gasteiger partial charge in [-0.2, -0.15) is 0 Å². The zero-order valence-corrected chi connectivity index (χ0v) is 10.0. The van der Waals surface area contributed by atoms with Crippen molar-refractivity contribution >= 4 is 16.8 Å². The molecule has 2 rings (SSSR count). The molecule has 0 unspecified atom stereocenters. The van der Waals surface area contributed by atoms with Gasteiger partial charge >= 0.3 is 0 Å². The summed E-state index contributed by atoms with van der Waals surface area (Å²) in [5.74, 6) is -0.0813. The Balaban J connectivity index is 2.66. The van der Waals surface area contributed by atoms with Crippen molar-refractivity contribution in [2.24, 2.45) is 0 Å². The zero-order valence-electron chi connectivity index (χ0n) is 9.27. The van der Waals surface area contributed by atoms with E-state index in [4.69, 9.17) is 11.6 Å². The molecule has 0 aromatic heterocycles. The van der Waals surface area contributed by atoms with E-state index in [1.807, 2.05) is 30.3 Å². The molecule has 0 radical (unpaired) electrons. The second-order valence-corrected chi connectivity index (χ2v) is 4.12. The number of hydrogen-bond donors (Lipinski definition) is 1. The molecule has 2 aromatic rings. The number of halogens is 1. The lowest BCUT2D eigenvalue weighted by Gasteiger charge is -2.10. The van der Waals surface area contributed by atoms with Crippen LogP contribution in [0.1, 0.15) is 15.9 Å². The number of phenols is 1. The van der Waals surface area contributed by atoms with Gasteiger partial charge in [-0.05, 0) is 41.3 Å². The van der Waals surface area contributed by atoms with E-state index in [0.717, 1.165) is 11.1 Å². The van der Waals surface area contributed by atoms with Crippen LogP contribution in [0.3, 0.4) is 0 Å². The van der Waals surface area contributed by atoms with Crippen LogP contribution >= 0.6 is 11.6 Å². The highest BCUT2D eigenvalue weighted by Crippen LogP contribution is 2.31. The highest BCUT2D eigenvalue weighted by molar-refractivity contribution is 6.68. The number of hydrogen-bond acceptors (Lipinski definition) is 2. The minimum absolute atomic E-state index is 0.0813. The van der Waals surface area contributed by atoms with E-state index >= 15 is 0 Å². The van der Waals surface area contributed by atoms with Crippen LogP contribution in [-0.2, 0) is 0 Å². The molecule has 3 heteroatoms. The van der Waals surface area contributed by atoms with E-state index in [1.54, 1.807) is 13.0 Å². The van der Waals surface area contributed by atoms with Crippen LogP contribution in [0.15, 0.2) is 42.5 Å². The van der Waals surface area contributed by atoms with E-state index in [-0.39, 0.29) is 11.3 Å². The molecular weight excluding hydrogens is 236 g/mol. The SMILES string of the molecule is Cc1c(-c2ccccc2)ccc(O)c1C(=O)Cl. The minimum atomic E-state index is -0.641. The predicted molar refractivity (Wildman–Crippen MR) is 68.5 cm³/mol. The van der Waals surface area contributed by atoms with Crippen molar-refractivity contribution < 1.29 is 9.90 Å². The molecule has 0 atom stereocenters. The molecule has 1 N–H and O–H groups in total. The topological polar surface area (TPSA) is 37.3 Å². The minimum Gasteiger partial charge on any atom is -0.507 e. The maximum absolute atomic E-state index is 11.3. The third kappa shape index (κ3) is 2.17. The first-order valence-electron chi connectivity index (χ1n) is 5.19. The Hall–Kier alpha value is -1.80. The van der Waals surface area contributed by atoms with Crippen LogP contribution in [0.5, 0.6) is 5.75 Å². The maximum atomic E-state index is 11.3. The Kier molecular flexibility index (Phi) is 3.16. The van der Waals surface area contributed by atoms with Gasteiger partial charge in [-0.1, -0.05) is 36.4 Å². The lowest BCUT2D eigenvalue weighted by Crippen LogP contribution is -1.96. The van der Waals surface area contributed by atoms with Crippen LogP contribution in [0.4, 0.5) is 0 Å². The molecule has 2 nitrogen and oxygen atoms in total. The maximum Gasteiger partial charge on any atom is 0.256 e. The number of benzene rings is 2. The van der Waals surface area contributed by atoms with E-state index in [9.17, 15) is 9.90 Å². The van der Waals surface area contributed by atoms with Gasteiger partial charge in [0.15, 0.2) is 0 Å². The van der Waals surface area contributed by atoms with Gasteiger partial charge in [-0.3, -0.25) is 4.79 Å². The standard InChI is InChI=1S/C14H11ClO2/c1-9-11(10-5-3-2-4-6-10)7-8-12(16)13(9)14(15)17/h2-8,16H,1H3. The number of aromatic hydroxyl groups is 1. The van der Waals surface area contributed by atoms with Gasteiger partial charge < -0.3 is 5.11 Å². The van der Waals surface area contributed by atoms with Crippen LogP contribution < -0.4 is 0 Å². The Labute approximate surface area is 104 Å². The Morgan fingerprint density at radius 3 is 2.35 bits per heavy atom. The van der Waals surface area contributed by atoms with Gasteiger partial charge in [-0.15, -0.1) is 0 Å². The largest absolute Gasteiger partial charge is 0.507 e. The fourth-order valence-electron chi connectivity index (χ4n) is 1.88. The van der Waals surface area contributed by atoms with Gasteiger partial charge in [0.1, 0.15) is 5.75 Å². The second kappa shape index (κ2) is 4.60. The zero-order chi connectivity index (χ0) is 12.4. The Bertz CT molecular complexity index is 562. The highest BCUT2D eigenvalue weighted by Gasteiger charge is 2.15. The van der Waals surface area contributed by atoms with Crippen molar-refractivity contribution in [3.8, 4) is 16.9 Å². The molecule has 0 aliphatic carbocycles. The molecule has 0 aliphatic heterocycles. The van der Waals surface area contributed by atoms with E-state index in [0.29, 0.717) is 5.56 Å². The summed E-state index contributed by atoms with van der Waals surface area (Å²) in [6.07, 6.45) is 0. The first-order chi connectivity index (χ1) is 8.11. The molecule has 0 bridgehead atoms. The molecule has 2 aromatic carbocycles. The van der Waals surface area contributed by atoms with Crippen LogP contribution in [0.2, 0.25) is 0 Å². The van der Waals surface area contributed by atoms with Crippen LogP contribution in [0, 0.1) is 6.92 Å². The van der Waals surface area contributed by atoms with Crippen molar-refractivity contribution in [1.82, 2.24) is 0 Å². The lowest BCUT2D eigenvalue weighted by molar-refractivity contribution is 0.107. The molecule has 0 fully saturated rings. The molecule has 0 spiro atoms. The molecule has 86 valence electrons. The number of carbonyl (C=O) groups is 1. The second-order valence-electron chi connectivity index (χ2n) is 3.77. The van der Waals surface area contributed by atoms with E-state index < -0.39 is 5.24 Å². The summed E-state index contributed by atoms with van der Waals surface area (Å²) in [7, 11) is 0. The molecule has 0 amide bonds. The van der Waals surface area contributed by atoms with Gasteiger partial charge in [0.2, 0.25) is 0 Å². The number of phenolic OH excluding ortho intramolecular Hbond substituents is 1. The summed E-state index contributed by atoms with van der Waals surface area (Å²) in [5.41, 5.74) is 2.75. The van der Waals surface area contributed by atoms with Crippen molar-refractivity contribution in [2.45, 2.75) is 6.92 Å². The first kappa shape index (κ1) is 11.7. The Morgan fingerprint density at radius 2 is 1.76 bits per heavy atom. The quantitative estimate of drug-likeness (QED) is 0.820. The summed E-state index contributed by atoms with van der Waals surface area (Å²) in [4.78, 5) is 11.3. The summed E-state index contributed by atoms with van der Waals surface area (Å²) < 4.78 is 0. The monoisotopic (exact) mass is 246 g/mol. The molecule has 0 saturated heterocycles. The molecular formula is C14H11ClO2. The highest BCUT2D eigenvalue weighted by atomic mass is 35.5. The third-order valence-corrected chi connectivity index (χ3v) is 2.91. The van der Waals surface area contributed by atoms with Gasteiger partial charge in [0.05, 0.1) is 5.56 Å². The third-order valence-electron chi connectivity index (χ3n) is 2.72. The lowest BCUT2D eigenvalue weighted by atomic mass is 9.96. The van der Waals surface area contributed by atoms with E-state index in [2.05, 4.69) is 0 Å². The normalized spacial score (nSPS) is 10.2. The van der Waals surface area contributed by atoms with Gasteiger partial charge in [0, 0.05) is 0 Å². The average Bonchev–Trinajstić information content (AvgIpc) is 2.30. The molecule has 0 saturated carbocycles. The average molecular weight is 247 g/mol. The predicted octanol–water partition coefficient (Wildman–Crippen LogP) is 3.75. The molecule has 17 heavy (non-hydrogen) atoms. The molecule has 0 heterocycles. The summed E-state index contributed by atoms with van der Waals surface area (Å²) in [6.45, 7) is 1.78. The number of carbonyl (C=O) groups excluding carboxylic acids is 1. The van der Waals surface area contributed by atoms with Gasteiger partial charge in [-0.25, -0.2) is 0 Å². The first-order valence-corrected chi connectivity index (χ1v) is 5.57. The fourth-order valence-corrected chi connectivity index (χ4v) is 2.11. The smallest absolute Gasteiger partial charge is 0.256 e. The van der Waals surface area contributed by atoms with Crippen molar-refractivity contribution in [3.63, 3.8) is 0 Å². The van der Waals surface area contributed by atoms with Crippen molar-refractivity contribution in [2.75, 3.05) is 0 Å². The summed E-state index contributed by atoms with van der Waals surface area (Å²) >= 11 is 5.47. The van der Waals surface area contributed by atoms with Crippen molar-refractivity contribution in [3.05, 3.63) is 53.6 Å². The summed E-state index contributed by atoms with van der Waals surface area (Å²) in [6, 6.07) is 12.9. The fraction of sp³-hybridized carbons (Fsp3) is 0.0714. The van der Waals surface area contributed by atoms with Gasteiger partial charge in [0.25, 0.3) is 5.24 Å². The van der Waals surface area contributed by atoms with E-state index in [1.165, 1.54) is 6.07 Å². The Morgan fingerprint density at radius 1 is 1.12 bits per heavy atom. The van der Waals surface area contributed by atoms with Crippen molar-refractivity contribution in [1.29, 1.82) is 0 Å². The van der Waals surface area contributed by atoms with Crippen LogP contribution in [-0.4, -0.2) is 10.3 Å². The molecule has 0 aliphatic rings. The van der Waals surface area contributed by atoms with Crippen LogP contribution in [0.25, 0.3) is 11.1 Å². The number of rotatable bonds is 2. The summed E-state index contributed by atoms with van der Waals surface area (Å²) in [5, 5.41) is 8.99.